The van der Waals surface area contributed by atoms with Crippen molar-refractivity contribution in [2.24, 2.45) is 0 Å². The second-order valence-corrected chi connectivity index (χ2v) is 12.7. The number of carbonyl (C=O) groups is 2. The van der Waals surface area contributed by atoms with E-state index < -0.39 is 33.4 Å². The third kappa shape index (κ3) is 7.21. The smallest absolute Gasteiger partial charge is 0.269 e. The third-order valence-electron chi connectivity index (χ3n) is 7.22. The molecule has 0 heterocycles. The molecular weight excluding hydrogens is 603 g/mol. The summed E-state index contributed by atoms with van der Waals surface area (Å²) in [5, 5.41) is 14.8. The number of nitro groups is 1. The number of non-ortho nitro benzene ring substituents is 1. The summed E-state index contributed by atoms with van der Waals surface area (Å²) in [6.07, 6.45) is 3.68. The summed E-state index contributed by atoms with van der Waals surface area (Å²) in [4.78, 5) is 39.1. The zero-order valence-corrected chi connectivity index (χ0v) is 25.1. The number of amides is 2. The Morgan fingerprint density at radius 1 is 0.976 bits per heavy atom. The molecular formula is C29H30Cl2N4O6S. The second-order valence-electron chi connectivity index (χ2n) is 9.99. The monoisotopic (exact) mass is 632 g/mol. The average Bonchev–Trinajstić information content (AvgIpc) is 3.49. The second kappa shape index (κ2) is 13.5. The van der Waals surface area contributed by atoms with Crippen LogP contribution in [0.4, 0.5) is 11.4 Å². The average molecular weight is 634 g/mol. The van der Waals surface area contributed by atoms with Crippen LogP contribution >= 0.6 is 23.2 Å². The van der Waals surface area contributed by atoms with E-state index in [4.69, 9.17) is 23.2 Å². The zero-order chi connectivity index (χ0) is 30.4. The van der Waals surface area contributed by atoms with Crippen molar-refractivity contribution in [3.05, 3.63) is 98.5 Å². The topological polar surface area (TPSA) is 130 Å². The molecule has 1 aliphatic rings. The Balaban J connectivity index is 1.72. The van der Waals surface area contributed by atoms with Gasteiger partial charge in [0.2, 0.25) is 11.8 Å². The van der Waals surface area contributed by atoms with Crippen LogP contribution < -0.4 is 9.62 Å². The number of nitrogens with zero attached hydrogens (tertiary/aromatic N) is 3. The molecule has 1 fully saturated rings. The van der Waals surface area contributed by atoms with Gasteiger partial charge < -0.3 is 10.2 Å². The molecule has 0 spiro atoms. The first-order chi connectivity index (χ1) is 20.0. The summed E-state index contributed by atoms with van der Waals surface area (Å²) in [6, 6.07) is 16.2. The number of halogens is 2. The fraction of sp³-hybridized carbons (Fsp3) is 0.310. The van der Waals surface area contributed by atoms with Gasteiger partial charge in [0.1, 0.15) is 12.6 Å². The van der Waals surface area contributed by atoms with Crippen molar-refractivity contribution in [3.63, 3.8) is 0 Å². The van der Waals surface area contributed by atoms with Gasteiger partial charge in [-0.15, -0.1) is 0 Å². The molecule has 0 saturated heterocycles. The van der Waals surface area contributed by atoms with E-state index in [2.05, 4.69) is 5.32 Å². The van der Waals surface area contributed by atoms with Gasteiger partial charge >= 0.3 is 0 Å². The van der Waals surface area contributed by atoms with Gasteiger partial charge in [-0.25, -0.2) is 8.42 Å². The molecule has 222 valence electrons. The maximum absolute atomic E-state index is 14.0. The normalized spacial score (nSPS) is 14.3. The fourth-order valence-electron chi connectivity index (χ4n) is 4.82. The number of benzene rings is 3. The predicted molar refractivity (Wildman–Crippen MR) is 161 cm³/mol. The van der Waals surface area contributed by atoms with Crippen LogP contribution in [0.25, 0.3) is 0 Å². The van der Waals surface area contributed by atoms with Gasteiger partial charge in [-0.2, -0.15) is 0 Å². The highest BCUT2D eigenvalue weighted by atomic mass is 35.5. The van der Waals surface area contributed by atoms with Crippen molar-refractivity contribution in [1.82, 2.24) is 10.2 Å². The van der Waals surface area contributed by atoms with Crippen LogP contribution in [0.15, 0.2) is 77.7 Å². The molecule has 0 radical (unpaired) electrons. The lowest BCUT2D eigenvalue weighted by molar-refractivity contribution is -0.384. The van der Waals surface area contributed by atoms with Gasteiger partial charge in [-0.3, -0.25) is 24.0 Å². The Labute approximate surface area is 254 Å². The quantitative estimate of drug-likeness (QED) is 0.217. The third-order valence-corrected chi connectivity index (χ3v) is 9.71. The van der Waals surface area contributed by atoms with Crippen LogP contribution in [0.3, 0.4) is 0 Å². The van der Waals surface area contributed by atoms with Crippen LogP contribution in [0, 0.1) is 10.1 Å². The standard InChI is InChI=1S/C29H30Cl2N4O6S/c1-20(29(37)32-21-8-5-6-9-21)33(18-25-26(30)12-7-13-27(25)31)28(36)19-34(22-14-16-23(17-15-22)35(38)39)42(40,41)24-10-3-2-4-11-24/h2-4,7,10-17,20-21H,5-6,8-9,18-19H2,1H3,(H,32,37). The Bertz CT molecular complexity index is 1530. The summed E-state index contributed by atoms with van der Waals surface area (Å²) < 4.78 is 28.5. The molecule has 1 saturated carbocycles. The summed E-state index contributed by atoms with van der Waals surface area (Å²) in [7, 11) is -4.31. The van der Waals surface area contributed by atoms with E-state index in [0.717, 1.165) is 42.1 Å². The van der Waals surface area contributed by atoms with E-state index in [9.17, 15) is 28.1 Å². The molecule has 3 aromatic carbocycles. The molecule has 3 aromatic rings. The van der Waals surface area contributed by atoms with E-state index in [1.54, 1.807) is 43.3 Å². The SMILES string of the molecule is CC(C(=O)NC1CCCC1)N(Cc1c(Cl)cccc1Cl)C(=O)CN(c1ccc([N+](=O)[O-])cc1)S(=O)(=O)c1ccccc1. The van der Waals surface area contributed by atoms with Crippen molar-refractivity contribution in [2.75, 3.05) is 10.8 Å². The predicted octanol–water partition coefficient (Wildman–Crippen LogP) is 5.57. The summed E-state index contributed by atoms with van der Waals surface area (Å²) in [6.45, 7) is 0.711. The van der Waals surface area contributed by atoms with Gasteiger partial charge in [-0.05, 0) is 56.2 Å². The number of carbonyl (C=O) groups excluding carboxylic acids is 2. The van der Waals surface area contributed by atoms with Crippen LogP contribution in [-0.2, 0) is 26.2 Å². The highest BCUT2D eigenvalue weighted by molar-refractivity contribution is 7.92. The van der Waals surface area contributed by atoms with Crippen LogP contribution in [0.5, 0.6) is 0 Å². The molecule has 1 unspecified atom stereocenters. The molecule has 1 N–H and O–H groups in total. The fourth-order valence-corrected chi connectivity index (χ4v) is 6.77. The highest BCUT2D eigenvalue weighted by Gasteiger charge is 2.34. The minimum Gasteiger partial charge on any atom is -0.352 e. The maximum atomic E-state index is 14.0. The molecule has 2 amide bonds. The number of anilines is 1. The van der Waals surface area contributed by atoms with E-state index in [1.807, 2.05) is 0 Å². The molecule has 1 atom stereocenters. The highest BCUT2D eigenvalue weighted by Crippen LogP contribution is 2.29. The Kier molecular flexibility index (Phi) is 10.1. The zero-order valence-electron chi connectivity index (χ0n) is 22.8. The van der Waals surface area contributed by atoms with E-state index in [0.29, 0.717) is 5.56 Å². The van der Waals surface area contributed by atoms with E-state index in [1.165, 1.54) is 29.2 Å². The summed E-state index contributed by atoms with van der Waals surface area (Å²) in [5.74, 6) is -1.08. The van der Waals surface area contributed by atoms with Gasteiger partial charge in [0.05, 0.1) is 15.5 Å². The molecule has 0 bridgehead atoms. The molecule has 4 rings (SSSR count). The van der Waals surface area contributed by atoms with Gasteiger partial charge in [0, 0.05) is 40.3 Å². The maximum Gasteiger partial charge on any atom is 0.269 e. The van der Waals surface area contributed by atoms with Crippen LogP contribution in [0.1, 0.15) is 38.2 Å². The van der Waals surface area contributed by atoms with Crippen LogP contribution in [-0.4, -0.2) is 48.7 Å². The Morgan fingerprint density at radius 3 is 2.14 bits per heavy atom. The number of hydrogen-bond acceptors (Lipinski definition) is 6. The van der Waals surface area contributed by atoms with Crippen molar-refractivity contribution >= 4 is 56.4 Å². The lowest BCUT2D eigenvalue weighted by Gasteiger charge is -2.32. The number of nitro benzene ring substituents is 1. The lowest BCUT2D eigenvalue weighted by atomic mass is 10.1. The molecule has 10 nitrogen and oxygen atoms in total. The first kappa shape index (κ1) is 31.3. The number of nitrogens with one attached hydrogen (secondary N) is 1. The molecule has 13 heteroatoms. The van der Waals surface area contributed by atoms with Crippen molar-refractivity contribution < 1.29 is 22.9 Å². The Morgan fingerprint density at radius 2 is 1.57 bits per heavy atom. The number of rotatable bonds is 11. The summed E-state index contributed by atoms with van der Waals surface area (Å²) >= 11 is 12.8. The number of sulfonamides is 1. The van der Waals surface area contributed by atoms with E-state index >= 15 is 0 Å². The molecule has 1 aliphatic carbocycles. The van der Waals surface area contributed by atoms with Crippen molar-refractivity contribution in [1.29, 1.82) is 0 Å². The summed E-state index contributed by atoms with van der Waals surface area (Å²) in [5.41, 5.74) is 0.202. The van der Waals surface area contributed by atoms with Crippen molar-refractivity contribution in [2.45, 2.75) is 56.1 Å². The number of hydrogen-bond donors (Lipinski definition) is 1. The minimum absolute atomic E-state index is 0.00382. The van der Waals surface area contributed by atoms with Crippen LogP contribution in [0.2, 0.25) is 10.0 Å². The first-order valence-corrected chi connectivity index (χ1v) is 15.5. The van der Waals surface area contributed by atoms with E-state index in [-0.39, 0.29) is 44.8 Å². The van der Waals surface area contributed by atoms with Gasteiger partial charge in [0.15, 0.2) is 0 Å². The first-order valence-electron chi connectivity index (χ1n) is 13.3. The molecule has 42 heavy (non-hydrogen) atoms. The minimum atomic E-state index is -4.31. The molecule has 0 aliphatic heterocycles. The van der Waals surface area contributed by atoms with Crippen molar-refractivity contribution in [3.8, 4) is 0 Å². The molecule has 0 aromatic heterocycles. The van der Waals surface area contributed by atoms with Gasteiger partial charge in [0.25, 0.3) is 15.7 Å². The lowest BCUT2D eigenvalue weighted by Crippen LogP contribution is -2.52. The Hall–Kier alpha value is -3.67. The van der Waals surface area contributed by atoms with Gasteiger partial charge in [-0.1, -0.05) is 60.3 Å². The largest absolute Gasteiger partial charge is 0.352 e.